The molecule has 0 atom stereocenters. The third kappa shape index (κ3) is 2.95. The Kier molecular flexibility index (Phi) is 4.00. The van der Waals surface area contributed by atoms with Crippen LogP contribution in [0.4, 0.5) is 5.69 Å². The minimum absolute atomic E-state index is 0.0228. The zero-order valence-corrected chi connectivity index (χ0v) is 11.4. The zero-order chi connectivity index (χ0) is 14.7. The largest absolute Gasteiger partial charge is 0.450 e. The predicted octanol–water partition coefficient (Wildman–Crippen LogP) is 3.46. The summed E-state index contributed by atoms with van der Waals surface area (Å²) in [5, 5.41) is 11.1. The highest BCUT2D eigenvalue weighted by atomic mass is 16.6. The Balaban J connectivity index is 2.39. The van der Waals surface area contributed by atoms with Crippen LogP contribution < -0.4 is 10.5 Å². The number of aryl methyl sites for hydroxylation is 2. The molecule has 0 amide bonds. The molecule has 5 nitrogen and oxygen atoms in total. The molecule has 2 rings (SSSR count). The number of nitro groups is 1. The Morgan fingerprint density at radius 1 is 1.20 bits per heavy atom. The number of nitro benzene ring substituents is 1. The minimum Gasteiger partial charge on any atom is -0.450 e. The maximum absolute atomic E-state index is 11.1. The molecule has 0 unspecified atom stereocenters. The second kappa shape index (κ2) is 5.71. The molecule has 2 N–H and O–H groups in total. The molecule has 0 radical (unpaired) electrons. The summed E-state index contributed by atoms with van der Waals surface area (Å²) in [6.07, 6.45) is 0. The van der Waals surface area contributed by atoms with Gasteiger partial charge in [-0.2, -0.15) is 0 Å². The van der Waals surface area contributed by atoms with Gasteiger partial charge < -0.3 is 10.5 Å². The van der Waals surface area contributed by atoms with Crippen LogP contribution in [-0.2, 0) is 6.54 Å². The fourth-order valence-electron chi connectivity index (χ4n) is 2.01. The number of hydrogen-bond donors (Lipinski definition) is 1. The quantitative estimate of drug-likeness (QED) is 0.682. The molecular weight excluding hydrogens is 256 g/mol. The first-order valence-corrected chi connectivity index (χ1v) is 6.23. The molecule has 0 aliphatic carbocycles. The van der Waals surface area contributed by atoms with Crippen LogP contribution >= 0.6 is 0 Å². The third-order valence-electron chi connectivity index (χ3n) is 2.98. The number of benzene rings is 2. The lowest BCUT2D eigenvalue weighted by Crippen LogP contribution is -1.98. The average molecular weight is 272 g/mol. The molecule has 2 aromatic rings. The summed E-state index contributed by atoms with van der Waals surface area (Å²) < 4.78 is 5.67. The Morgan fingerprint density at radius 2 is 1.85 bits per heavy atom. The van der Waals surface area contributed by atoms with Gasteiger partial charge in [0.05, 0.1) is 4.92 Å². The highest BCUT2D eigenvalue weighted by Gasteiger charge is 2.19. The van der Waals surface area contributed by atoms with E-state index in [-0.39, 0.29) is 11.4 Å². The van der Waals surface area contributed by atoms with Gasteiger partial charge in [0.15, 0.2) is 0 Å². The summed E-state index contributed by atoms with van der Waals surface area (Å²) in [4.78, 5) is 10.7. The van der Waals surface area contributed by atoms with Gasteiger partial charge in [0.1, 0.15) is 5.75 Å². The summed E-state index contributed by atoms with van der Waals surface area (Å²) in [5.41, 5.74) is 8.05. The van der Waals surface area contributed by atoms with Crippen molar-refractivity contribution in [1.82, 2.24) is 0 Å². The molecule has 104 valence electrons. The van der Waals surface area contributed by atoms with Gasteiger partial charge >= 0.3 is 5.69 Å². The maximum atomic E-state index is 11.1. The molecule has 0 fully saturated rings. The molecule has 0 aromatic heterocycles. The molecule has 5 heteroatoms. The SMILES string of the molecule is Cc1cc(C)c(Oc2ccc(CN)cc2)c([N+](=O)[O-])c1. The fraction of sp³-hybridized carbons (Fsp3) is 0.200. The van der Waals surface area contributed by atoms with Gasteiger partial charge in [0.25, 0.3) is 0 Å². The second-order valence-electron chi connectivity index (χ2n) is 4.64. The van der Waals surface area contributed by atoms with Crippen molar-refractivity contribution in [3.8, 4) is 11.5 Å². The van der Waals surface area contributed by atoms with Gasteiger partial charge in [0, 0.05) is 12.6 Å². The molecular formula is C15H16N2O3. The van der Waals surface area contributed by atoms with E-state index >= 15 is 0 Å². The average Bonchev–Trinajstić information content (AvgIpc) is 2.42. The number of rotatable bonds is 4. The van der Waals surface area contributed by atoms with Crippen molar-refractivity contribution >= 4 is 5.69 Å². The molecule has 20 heavy (non-hydrogen) atoms. The van der Waals surface area contributed by atoms with Crippen LogP contribution in [0, 0.1) is 24.0 Å². The number of ether oxygens (including phenoxy) is 1. The smallest absolute Gasteiger partial charge is 0.312 e. The van der Waals surface area contributed by atoms with Gasteiger partial charge in [-0.1, -0.05) is 18.2 Å². The Hall–Kier alpha value is -2.40. The molecule has 0 saturated carbocycles. The van der Waals surface area contributed by atoms with Crippen LogP contribution in [0.1, 0.15) is 16.7 Å². The molecule has 0 spiro atoms. The monoisotopic (exact) mass is 272 g/mol. The normalized spacial score (nSPS) is 10.3. The van der Waals surface area contributed by atoms with E-state index in [1.807, 2.05) is 25.1 Å². The molecule has 0 heterocycles. The lowest BCUT2D eigenvalue weighted by Gasteiger charge is -2.10. The van der Waals surface area contributed by atoms with Crippen molar-refractivity contribution in [2.45, 2.75) is 20.4 Å². The molecule has 0 aliphatic rings. The van der Waals surface area contributed by atoms with Crippen molar-refractivity contribution in [1.29, 1.82) is 0 Å². The minimum atomic E-state index is -0.427. The van der Waals surface area contributed by atoms with Crippen LogP contribution in [0.2, 0.25) is 0 Å². The van der Waals surface area contributed by atoms with E-state index < -0.39 is 4.92 Å². The van der Waals surface area contributed by atoms with Crippen molar-refractivity contribution in [2.24, 2.45) is 5.73 Å². The van der Waals surface area contributed by atoms with Crippen LogP contribution in [0.25, 0.3) is 0 Å². The van der Waals surface area contributed by atoms with Gasteiger partial charge in [0.2, 0.25) is 5.75 Å². The Bertz CT molecular complexity index is 636. The van der Waals surface area contributed by atoms with E-state index in [0.717, 1.165) is 16.7 Å². The van der Waals surface area contributed by atoms with Crippen LogP contribution in [0.15, 0.2) is 36.4 Å². The van der Waals surface area contributed by atoms with E-state index in [1.165, 1.54) is 6.07 Å². The number of nitrogens with zero attached hydrogens (tertiary/aromatic N) is 1. The number of nitrogens with two attached hydrogens (primary N) is 1. The van der Waals surface area contributed by atoms with Gasteiger partial charge in [-0.05, 0) is 42.7 Å². The first kappa shape index (κ1) is 14.0. The first-order valence-electron chi connectivity index (χ1n) is 6.23. The summed E-state index contributed by atoms with van der Waals surface area (Å²) in [7, 11) is 0. The zero-order valence-electron chi connectivity index (χ0n) is 11.4. The first-order chi connectivity index (χ1) is 9.51. The molecule has 0 bridgehead atoms. The predicted molar refractivity (Wildman–Crippen MR) is 77.0 cm³/mol. The third-order valence-corrected chi connectivity index (χ3v) is 2.98. The van der Waals surface area contributed by atoms with E-state index in [2.05, 4.69) is 0 Å². The van der Waals surface area contributed by atoms with E-state index in [9.17, 15) is 10.1 Å². The lowest BCUT2D eigenvalue weighted by atomic mass is 10.1. The van der Waals surface area contributed by atoms with E-state index in [4.69, 9.17) is 10.5 Å². The van der Waals surface area contributed by atoms with Gasteiger partial charge in [-0.15, -0.1) is 0 Å². The van der Waals surface area contributed by atoms with Gasteiger partial charge in [-0.3, -0.25) is 10.1 Å². The molecule has 0 saturated heterocycles. The topological polar surface area (TPSA) is 78.4 Å². The summed E-state index contributed by atoms with van der Waals surface area (Å²) in [6.45, 7) is 4.06. The van der Waals surface area contributed by atoms with Crippen LogP contribution in [0.5, 0.6) is 11.5 Å². The second-order valence-corrected chi connectivity index (χ2v) is 4.64. The van der Waals surface area contributed by atoms with Gasteiger partial charge in [-0.25, -0.2) is 0 Å². The van der Waals surface area contributed by atoms with Crippen molar-refractivity contribution in [3.05, 3.63) is 63.2 Å². The van der Waals surface area contributed by atoms with Crippen LogP contribution in [-0.4, -0.2) is 4.92 Å². The lowest BCUT2D eigenvalue weighted by molar-refractivity contribution is -0.385. The fourth-order valence-corrected chi connectivity index (χ4v) is 2.01. The highest BCUT2D eigenvalue weighted by Crippen LogP contribution is 2.35. The van der Waals surface area contributed by atoms with E-state index in [0.29, 0.717) is 12.3 Å². The van der Waals surface area contributed by atoms with Crippen LogP contribution in [0.3, 0.4) is 0 Å². The Labute approximate surface area is 117 Å². The van der Waals surface area contributed by atoms with Crippen molar-refractivity contribution in [3.63, 3.8) is 0 Å². The van der Waals surface area contributed by atoms with Crippen molar-refractivity contribution in [2.75, 3.05) is 0 Å². The molecule has 2 aromatic carbocycles. The molecule has 0 aliphatic heterocycles. The van der Waals surface area contributed by atoms with E-state index in [1.54, 1.807) is 19.1 Å². The summed E-state index contributed by atoms with van der Waals surface area (Å²) in [6, 6.07) is 10.6. The summed E-state index contributed by atoms with van der Waals surface area (Å²) >= 11 is 0. The number of hydrogen-bond acceptors (Lipinski definition) is 4. The Morgan fingerprint density at radius 3 is 2.40 bits per heavy atom. The van der Waals surface area contributed by atoms with Crippen molar-refractivity contribution < 1.29 is 9.66 Å². The highest BCUT2D eigenvalue weighted by molar-refractivity contribution is 5.55. The standard InChI is InChI=1S/C15H16N2O3/c1-10-7-11(2)15(14(8-10)17(18)19)20-13-5-3-12(9-16)4-6-13/h3-8H,9,16H2,1-2H3. The maximum Gasteiger partial charge on any atom is 0.312 e. The summed E-state index contributed by atoms with van der Waals surface area (Å²) in [5.74, 6) is 0.832.